The lowest BCUT2D eigenvalue weighted by atomic mass is 10.2. The number of rotatable bonds is 3. The van der Waals surface area contributed by atoms with Crippen LogP contribution in [0.4, 0.5) is 17.3 Å². The van der Waals surface area contributed by atoms with Crippen molar-refractivity contribution in [3.8, 4) is 0 Å². The fourth-order valence-corrected chi connectivity index (χ4v) is 1.56. The molecule has 0 aliphatic carbocycles. The number of benzene rings is 1. The molecule has 6 heteroatoms. The van der Waals surface area contributed by atoms with E-state index in [9.17, 15) is 10.1 Å². The van der Waals surface area contributed by atoms with Crippen molar-refractivity contribution in [2.75, 3.05) is 5.32 Å². The Morgan fingerprint density at radius 3 is 2.82 bits per heavy atom. The van der Waals surface area contributed by atoms with E-state index in [1.165, 1.54) is 0 Å². The van der Waals surface area contributed by atoms with E-state index in [2.05, 4.69) is 15.3 Å². The van der Waals surface area contributed by atoms with Crippen molar-refractivity contribution in [3.63, 3.8) is 0 Å². The average molecular weight is 232 g/mol. The number of aryl methyl sites for hydroxylation is 2. The SMILES string of the molecule is Cc1cccc(Nc2nc(C)[nH]c2[N+](=O)[O-])c1. The molecule has 2 N–H and O–H groups in total. The lowest BCUT2D eigenvalue weighted by Crippen LogP contribution is -1.96. The Kier molecular flexibility index (Phi) is 2.78. The number of hydrogen-bond acceptors (Lipinski definition) is 4. The second kappa shape index (κ2) is 4.25. The Morgan fingerprint density at radius 2 is 2.18 bits per heavy atom. The number of nitro groups is 1. The van der Waals surface area contributed by atoms with Crippen LogP contribution in [-0.4, -0.2) is 14.9 Å². The third-order valence-electron chi connectivity index (χ3n) is 2.27. The summed E-state index contributed by atoms with van der Waals surface area (Å²) in [5.74, 6) is 0.619. The number of aromatic amines is 1. The van der Waals surface area contributed by atoms with Gasteiger partial charge < -0.3 is 15.4 Å². The summed E-state index contributed by atoms with van der Waals surface area (Å²) in [4.78, 5) is 17.0. The second-order valence-electron chi connectivity index (χ2n) is 3.77. The zero-order chi connectivity index (χ0) is 12.4. The van der Waals surface area contributed by atoms with Gasteiger partial charge in [0, 0.05) is 12.6 Å². The van der Waals surface area contributed by atoms with E-state index in [0.29, 0.717) is 5.82 Å². The molecule has 0 unspecified atom stereocenters. The van der Waals surface area contributed by atoms with Gasteiger partial charge in [-0.3, -0.25) is 0 Å². The fraction of sp³-hybridized carbons (Fsp3) is 0.182. The van der Waals surface area contributed by atoms with Crippen LogP contribution in [0.25, 0.3) is 0 Å². The van der Waals surface area contributed by atoms with Crippen molar-refractivity contribution in [2.24, 2.45) is 0 Å². The molecule has 0 radical (unpaired) electrons. The molecule has 6 nitrogen and oxygen atoms in total. The molecule has 88 valence electrons. The van der Waals surface area contributed by atoms with Gasteiger partial charge >= 0.3 is 5.82 Å². The Bertz CT molecular complexity index is 562. The summed E-state index contributed by atoms with van der Waals surface area (Å²) in [6.45, 7) is 3.63. The van der Waals surface area contributed by atoms with E-state index in [0.717, 1.165) is 11.3 Å². The molecular formula is C11H12N4O2. The molecule has 0 saturated carbocycles. The Morgan fingerprint density at radius 1 is 1.41 bits per heavy atom. The lowest BCUT2D eigenvalue weighted by Gasteiger charge is -2.03. The molecule has 0 saturated heterocycles. The highest BCUT2D eigenvalue weighted by atomic mass is 16.6. The summed E-state index contributed by atoms with van der Waals surface area (Å²) < 4.78 is 0. The minimum Gasteiger partial charge on any atom is -0.358 e. The van der Waals surface area contributed by atoms with Crippen LogP contribution in [0.3, 0.4) is 0 Å². The average Bonchev–Trinajstić information content (AvgIpc) is 2.59. The molecule has 0 atom stereocenters. The van der Waals surface area contributed by atoms with Gasteiger partial charge in [-0.25, -0.2) is 4.98 Å². The Labute approximate surface area is 97.9 Å². The zero-order valence-corrected chi connectivity index (χ0v) is 9.52. The normalized spacial score (nSPS) is 10.2. The van der Waals surface area contributed by atoms with E-state index >= 15 is 0 Å². The first-order chi connectivity index (χ1) is 8.06. The third-order valence-corrected chi connectivity index (χ3v) is 2.27. The van der Waals surface area contributed by atoms with E-state index < -0.39 is 4.92 Å². The van der Waals surface area contributed by atoms with Crippen LogP contribution >= 0.6 is 0 Å². The largest absolute Gasteiger partial charge is 0.365 e. The molecule has 0 spiro atoms. The summed E-state index contributed by atoms with van der Waals surface area (Å²) in [5, 5.41) is 13.7. The van der Waals surface area contributed by atoms with Crippen molar-refractivity contribution in [1.82, 2.24) is 9.97 Å². The number of nitrogens with zero attached hydrogens (tertiary/aromatic N) is 2. The molecule has 0 amide bonds. The molecule has 0 bridgehead atoms. The zero-order valence-electron chi connectivity index (χ0n) is 9.52. The maximum Gasteiger partial charge on any atom is 0.365 e. The first-order valence-corrected chi connectivity index (χ1v) is 5.11. The van der Waals surface area contributed by atoms with E-state index in [4.69, 9.17) is 0 Å². The van der Waals surface area contributed by atoms with Gasteiger partial charge in [0.25, 0.3) is 0 Å². The highest BCUT2D eigenvalue weighted by Gasteiger charge is 2.17. The maximum atomic E-state index is 10.8. The van der Waals surface area contributed by atoms with Crippen molar-refractivity contribution in [2.45, 2.75) is 13.8 Å². The van der Waals surface area contributed by atoms with Crippen LogP contribution in [0.2, 0.25) is 0 Å². The minimum atomic E-state index is -0.488. The van der Waals surface area contributed by atoms with Gasteiger partial charge in [-0.15, -0.1) is 0 Å². The van der Waals surface area contributed by atoms with Crippen LogP contribution in [0, 0.1) is 24.0 Å². The summed E-state index contributed by atoms with van der Waals surface area (Å²) in [5.41, 5.74) is 1.85. The number of H-pyrrole nitrogens is 1. The van der Waals surface area contributed by atoms with Gasteiger partial charge in [-0.05, 0) is 29.5 Å². The van der Waals surface area contributed by atoms with Gasteiger partial charge in [0.1, 0.15) is 0 Å². The van der Waals surface area contributed by atoms with Crippen LogP contribution in [0.5, 0.6) is 0 Å². The van der Waals surface area contributed by atoms with Crippen LogP contribution < -0.4 is 5.32 Å². The van der Waals surface area contributed by atoms with Gasteiger partial charge in [-0.2, -0.15) is 4.98 Å². The number of aromatic nitrogens is 2. The predicted molar refractivity (Wildman–Crippen MR) is 64.4 cm³/mol. The molecule has 1 heterocycles. The molecule has 2 aromatic rings. The highest BCUT2D eigenvalue weighted by molar-refractivity contribution is 5.63. The monoisotopic (exact) mass is 232 g/mol. The van der Waals surface area contributed by atoms with Crippen LogP contribution in [0.1, 0.15) is 11.4 Å². The maximum absolute atomic E-state index is 10.8. The van der Waals surface area contributed by atoms with Gasteiger partial charge in [0.15, 0.2) is 5.82 Å². The quantitative estimate of drug-likeness (QED) is 0.629. The van der Waals surface area contributed by atoms with Crippen molar-refractivity contribution in [1.29, 1.82) is 0 Å². The smallest absolute Gasteiger partial charge is 0.358 e. The van der Waals surface area contributed by atoms with E-state index in [1.807, 2.05) is 31.2 Å². The summed E-state index contributed by atoms with van der Waals surface area (Å²) in [6.07, 6.45) is 0. The standard InChI is InChI=1S/C11H12N4O2/c1-7-4-3-5-9(6-7)14-10-11(15(16)17)13-8(2)12-10/h3-6,14H,1-2H3,(H,12,13). The number of nitrogens with one attached hydrogen (secondary N) is 2. The van der Waals surface area contributed by atoms with E-state index in [-0.39, 0.29) is 11.6 Å². The Balaban J connectivity index is 2.32. The first kappa shape index (κ1) is 11.1. The summed E-state index contributed by atoms with van der Waals surface area (Å²) in [7, 11) is 0. The van der Waals surface area contributed by atoms with Gasteiger partial charge in [-0.1, -0.05) is 12.1 Å². The van der Waals surface area contributed by atoms with Crippen molar-refractivity contribution < 1.29 is 4.92 Å². The van der Waals surface area contributed by atoms with Crippen LogP contribution in [0.15, 0.2) is 24.3 Å². The molecule has 1 aromatic heterocycles. The third kappa shape index (κ3) is 2.41. The van der Waals surface area contributed by atoms with E-state index in [1.54, 1.807) is 6.92 Å². The first-order valence-electron chi connectivity index (χ1n) is 5.11. The van der Waals surface area contributed by atoms with Gasteiger partial charge in [0.05, 0.1) is 0 Å². The molecule has 0 aliphatic heterocycles. The predicted octanol–water partition coefficient (Wildman–Crippen LogP) is 2.68. The molecule has 0 fully saturated rings. The van der Waals surface area contributed by atoms with Crippen molar-refractivity contribution in [3.05, 3.63) is 45.8 Å². The van der Waals surface area contributed by atoms with Gasteiger partial charge in [0.2, 0.25) is 5.82 Å². The highest BCUT2D eigenvalue weighted by Crippen LogP contribution is 2.24. The van der Waals surface area contributed by atoms with Crippen LogP contribution in [-0.2, 0) is 0 Å². The summed E-state index contributed by atoms with van der Waals surface area (Å²) >= 11 is 0. The number of hydrogen-bond donors (Lipinski definition) is 2. The number of imidazole rings is 1. The molecular weight excluding hydrogens is 220 g/mol. The molecule has 0 aliphatic rings. The number of anilines is 2. The fourth-order valence-electron chi connectivity index (χ4n) is 1.56. The topological polar surface area (TPSA) is 83.8 Å². The lowest BCUT2D eigenvalue weighted by molar-refractivity contribution is -0.388. The molecule has 1 aromatic carbocycles. The molecule has 17 heavy (non-hydrogen) atoms. The Hall–Kier alpha value is -2.37. The second-order valence-corrected chi connectivity index (χ2v) is 3.77. The minimum absolute atomic E-state index is 0.121. The molecule has 2 rings (SSSR count). The van der Waals surface area contributed by atoms with Crippen molar-refractivity contribution >= 4 is 17.3 Å². The summed E-state index contributed by atoms with van der Waals surface area (Å²) in [6, 6.07) is 7.56.